The van der Waals surface area contributed by atoms with E-state index in [-0.39, 0.29) is 5.75 Å². The Balaban J connectivity index is 2.27. The number of aryl methyl sites for hydroxylation is 1. The van der Waals surface area contributed by atoms with Gasteiger partial charge in [0.05, 0.1) is 6.20 Å². The SMILES string of the molecule is Cc1cccc(Cc2ncc(O)c(=O)[nH]2)c1. The maximum absolute atomic E-state index is 11.2. The van der Waals surface area contributed by atoms with Crippen LogP contribution < -0.4 is 5.56 Å². The third kappa shape index (κ3) is 2.28. The highest BCUT2D eigenvalue weighted by atomic mass is 16.3. The van der Waals surface area contributed by atoms with Crippen LogP contribution in [0.25, 0.3) is 0 Å². The van der Waals surface area contributed by atoms with Crippen molar-refractivity contribution in [2.45, 2.75) is 13.3 Å². The molecule has 0 fully saturated rings. The van der Waals surface area contributed by atoms with Gasteiger partial charge >= 0.3 is 0 Å². The predicted octanol–water partition coefficient (Wildman–Crippen LogP) is 1.37. The van der Waals surface area contributed by atoms with Crippen molar-refractivity contribution >= 4 is 0 Å². The first-order chi connectivity index (χ1) is 7.65. The molecular weight excluding hydrogens is 204 g/mol. The fourth-order valence-corrected chi connectivity index (χ4v) is 1.53. The van der Waals surface area contributed by atoms with Gasteiger partial charge in [-0.3, -0.25) is 4.79 Å². The summed E-state index contributed by atoms with van der Waals surface area (Å²) in [4.78, 5) is 17.6. The van der Waals surface area contributed by atoms with Gasteiger partial charge in [-0.2, -0.15) is 0 Å². The van der Waals surface area contributed by atoms with Gasteiger partial charge in [0.1, 0.15) is 5.82 Å². The van der Waals surface area contributed by atoms with E-state index in [1.54, 1.807) is 0 Å². The summed E-state index contributed by atoms with van der Waals surface area (Å²) in [6.07, 6.45) is 1.72. The number of rotatable bonds is 2. The first-order valence-electron chi connectivity index (χ1n) is 4.98. The smallest absolute Gasteiger partial charge is 0.293 e. The van der Waals surface area contributed by atoms with Gasteiger partial charge in [0.15, 0.2) is 5.75 Å². The Kier molecular flexibility index (Phi) is 2.72. The topological polar surface area (TPSA) is 66.0 Å². The Morgan fingerprint density at radius 1 is 1.44 bits per heavy atom. The van der Waals surface area contributed by atoms with Gasteiger partial charge in [0.2, 0.25) is 0 Å². The Labute approximate surface area is 92.6 Å². The number of H-pyrrole nitrogens is 1. The molecule has 0 spiro atoms. The van der Waals surface area contributed by atoms with Crippen LogP contribution in [-0.2, 0) is 6.42 Å². The van der Waals surface area contributed by atoms with Gasteiger partial charge in [-0.05, 0) is 12.5 Å². The van der Waals surface area contributed by atoms with Crippen molar-refractivity contribution in [1.82, 2.24) is 9.97 Å². The summed E-state index contributed by atoms with van der Waals surface area (Å²) < 4.78 is 0. The number of nitrogens with zero attached hydrogens (tertiary/aromatic N) is 1. The second kappa shape index (κ2) is 4.18. The summed E-state index contributed by atoms with van der Waals surface area (Å²) in [5.74, 6) is 0.196. The van der Waals surface area contributed by atoms with Crippen molar-refractivity contribution < 1.29 is 5.11 Å². The van der Waals surface area contributed by atoms with Gasteiger partial charge in [-0.25, -0.2) is 4.98 Å². The first-order valence-corrected chi connectivity index (χ1v) is 4.98. The van der Waals surface area contributed by atoms with E-state index >= 15 is 0 Å². The molecule has 0 unspecified atom stereocenters. The van der Waals surface area contributed by atoms with Crippen molar-refractivity contribution in [1.29, 1.82) is 0 Å². The zero-order chi connectivity index (χ0) is 11.5. The highest BCUT2D eigenvalue weighted by Gasteiger charge is 2.01. The summed E-state index contributed by atoms with van der Waals surface area (Å²) in [5, 5.41) is 9.05. The molecule has 1 aromatic heterocycles. The lowest BCUT2D eigenvalue weighted by Gasteiger charge is -2.02. The van der Waals surface area contributed by atoms with Gasteiger partial charge in [-0.1, -0.05) is 29.8 Å². The van der Waals surface area contributed by atoms with E-state index in [4.69, 9.17) is 5.11 Å². The molecule has 0 aliphatic heterocycles. The highest BCUT2D eigenvalue weighted by Crippen LogP contribution is 2.07. The Morgan fingerprint density at radius 2 is 2.25 bits per heavy atom. The van der Waals surface area contributed by atoms with E-state index in [2.05, 4.69) is 9.97 Å². The quantitative estimate of drug-likeness (QED) is 0.796. The minimum absolute atomic E-state index is 0.354. The maximum Gasteiger partial charge on any atom is 0.293 e. The van der Waals surface area contributed by atoms with E-state index in [1.165, 1.54) is 11.8 Å². The lowest BCUT2D eigenvalue weighted by atomic mass is 10.1. The second-order valence-electron chi connectivity index (χ2n) is 3.71. The lowest BCUT2D eigenvalue weighted by molar-refractivity contribution is 0.462. The van der Waals surface area contributed by atoms with Gasteiger partial charge in [0, 0.05) is 6.42 Å². The summed E-state index contributed by atoms with van der Waals surface area (Å²) in [7, 11) is 0. The number of hydrogen-bond donors (Lipinski definition) is 2. The van der Waals surface area contributed by atoms with Crippen LogP contribution in [0.4, 0.5) is 0 Å². The third-order valence-corrected chi connectivity index (χ3v) is 2.29. The Morgan fingerprint density at radius 3 is 2.94 bits per heavy atom. The molecule has 0 saturated heterocycles. The van der Waals surface area contributed by atoms with Crippen LogP contribution in [0.3, 0.4) is 0 Å². The van der Waals surface area contributed by atoms with E-state index < -0.39 is 5.56 Å². The molecule has 2 N–H and O–H groups in total. The van der Waals surface area contributed by atoms with Crippen LogP contribution in [0, 0.1) is 6.92 Å². The molecule has 4 nitrogen and oxygen atoms in total. The van der Waals surface area contributed by atoms with E-state index in [9.17, 15) is 4.79 Å². The zero-order valence-electron chi connectivity index (χ0n) is 8.90. The molecule has 0 amide bonds. The zero-order valence-corrected chi connectivity index (χ0v) is 8.90. The van der Waals surface area contributed by atoms with E-state index in [1.807, 2.05) is 31.2 Å². The summed E-state index contributed by atoms with van der Waals surface area (Å²) in [6.45, 7) is 2.01. The van der Waals surface area contributed by atoms with Gasteiger partial charge in [-0.15, -0.1) is 0 Å². The average Bonchev–Trinajstić information content (AvgIpc) is 2.24. The standard InChI is InChI=1S/C12H12N2O2/c1-8-3-2-4-9(5-8)6-11-13-7-10(15)12(16)14-11/h2-5,7,15H,6H2,1H3,(H,13,14,16). The molecule has 0 saturated carbocycles. The van der Waals surface area contributed by atoms with E-state index in [0.29, 0.717) is 12.2 Å². The molecule has 0 aliphatic rings. The molecule has 16 heavy (non-hydrogen) atoms. The highest BCUT2D eigenvalue weighted by molar-refractivity contribution is 5.25. The Bertz CT molecular complexity index is 561. The van der Waals surface area contributed by atoms with Crippen molar-refractivity contribution in [3.05, 3.63) is 57.8 Å². The molecule has 0 aliphatic carbocycles. The number of aromatic nitrogens is 2. The van der Waals surface area contributed by atoms with E-state index in [0.717, 1.165) is 5.56 Å². The normalized spacial score (nSPS) is 10.3. The van der Waals surface area contributed by atoms with Crippen LogP contribution >= 0.6 is 0 Å². The van der Waals surface area contributed by atoms with Crippen LogP contribution in [0.1, 0.15) is 17.0 Å². The maximum atomic E-state index is 11.2. The number of benzene rings is 1. The Hall–Kier alpha value is -2.10. The lowest BCUT2D eigenvalue weighted by Crippen LogP contribution is -2.10. The fourth-order valence-electron chi connectivity index (χ4n) is 1.53. The van der Waals surface area contributed by atoms with Crippen molar-refractivity contribution in [2.75, 3.05) is 0 Å². The molecule has 82 valence electrons. The van der Waals surface area contributed by atoms with Crippen LogP contribution in [0.5, 0.6) is 5.75 Å². The monoisotopic (exact) mass is 216 g/mol. The molecular formula is C12H12N2O2. The number of aromatic amines is 1. The third-order valence-electron chi connectivity index (χ3n) is 2.29. The molecule has 2 aromatic rings. The number of nitrogens with one attached hydrogen (secondary N) is 1. The minimum atomic E-state index is -0.502. The molecule has 4 heteroatoms. The van der Waals surface area contributed by atoms with Crippen LogP contribution in [-0.4, -0.2) is 15.1 Å². The van der Waals surface area contributed by atoms with Gasteiger partial charge in [0.25, 0.3) is 5.56 Å². The molecule has 1 aromatic carbocycles. The molecule has 0 radical (unpaired) electrons. The molecule has 0 bridgehead atoms. The largest absolute Gasteiger partial charge is 0.502 e. The number of hydrogen-bond acceptors (Lipinski definition) is 3. The van der Waals surface area contributed by atoms with Crippen molar-refractivity contribution in [3.63, 3.8) is 0 Å². The van der Waals surface area contributed by atoms with Crippen molar-refractivity contribution in [2.24, 2.45) is 0 Å². The predicted molar refractivity (Wildman–Crippen MR) is 60.5 cm³/mol. The summed E-state index contributed by atoms with van der Waals surface area (Å²) in [5.41, 5.74) is 1.74. The average molecular weight is 216 g/mol. The van der Waals surface area contributed by atoms with Crippen LogP contribution in [0.15, 0.2) is 35.3 Å². The first kappa shape index (κ1) is 10.4. The molecule has 0 atom stereocenters. The number of aromatic hydroxyl groups is 1. The summed E-state index contributed by atoms with van der Waals surface area (Å²) in [6, 6.07) is 7.98. The minimum Gasteiger partial charge on any atom is -0.502 e. The fraction of sp³-hybridized carbons (Fsp3) is 0.167. The molecule has 2 rings (SSSR count). The molecule has 1 heterocycles. The van der Waals surface area contributed by atoms with Gasteiger partial charge < -0.3 is 10.1 Å². The van der Waals surface area contributed by atoms with Crippen molar-refractivity contribution in [3.8, 4) is 5.75 Å². The van der Waals surface area contributed by atoms with Crippen LogP contribution in [0.2, 0.25) is 0 Å². The second-order valence-corrected chi connectivity index (χ2v) is 3.71. The summed E-state index contributed by atoms with van der Waals surface area (Å²) >= 11 is 0.